The number of hydrogen-bond acceptors (Lipinski definition) is 6. The summed E-state index contributed by atoms with van der Waals surface area (Å²) >= 11 is 1.55. The maximum absolute atomic E-state index is 13.1. The number of nitrogens with zero attached hydrogens (tertiary/aromatic N) is 3. The minimum atomic E-state index is -0.731. The van der Waals surface area contributed by atoms with Crippen molar-refractivity contribution in [1.82, 2.24) is 20.1 Å². The van der Waals surface area contributed by atoms with E-state index in [-0.39, 0.29) is 17.9 Å². The van der Waals surface area contributed by atoms with Crippen molar-refractivity contribution in [2.24, 2.45) is 5.92 Å². The number of hydrogen-bond donors (Lipinski definition) is 1. The molecule has 0 fully saturated rings. The molecule has 0 bridgehead atoms. The van der Waals surface area contributed by atoms with Gasteiger partial charge in [0.1, 0.15) is 6.04 Å². The average molecular weight is 401 g/mol. The first-order valence-electron chi connectivity index (χ1n) is 9.14. The summed E-state index contributed by atoms with van der Waals surface area (Å²) in [6.07, 6.45) is 1.65. The Kier molecular flexibility index (Phi) is 5.79. The van der Waals surface area contributed by atoms with Gasteiger partial charge < -0.3 is 10.1 Å². The van der Waals surface area contributed by atoms with Crippen LogP contribution in [0.5, 0.6) is 0 Å². The Hall–Kier alpha value is -2.74. The van der Waals surface area contributed by atoms with Crippen molar-refractivity contribution in [2.45, 2.75) is 39.8 Å². The largest absolute Gasteiger partial charge is 0.467 e. The number of amides is 1. The Morgan fingerprint density at radius 1 is 1.25 bits per heavy atom. The standard InChI is InChI=1S/C20H24N4O3S/c1-11(2)17(20(26)27-5)23-19(25)13-9-15(16-7-6-8-28-16)22-18-14(13)10-21-24(18)12(3)4/h6-12,17H,1-5H3,(H,23,25)/t17-/m0/s1. The van der Waals surface area contributed by atoms with Crippen LogP contribution in [0.4, 0.5) is 0 Å². The van der Waals surface area contributed by atoms with Crippen LogP contribution in [0, 0.1) is 5.92 Å². The van der Waals surface area contributed by atoms with Crippen LogP contribution in [-0.2, 0) is 9.53 Å². The third-order valence-corrected chi connectivity index (χ3v) is 5.37. The van der Waals surface area contributed by atoms with Crippen LogP contribution >= 0.6 is 11.3 Å². The Morgan fingerprint density at radius 2 is 2.00 bits per heavy atom. The van der Waals surface area contributed by atoms with Gasteiger partial charge in [-0.15, -0.1) is 11.3 Å². The molecule has 28 heavy (non-hydrogen) atoms. The van der Waals surface area contributed by atoms with Crippen LogP contribution in [0.15, 0.2) is 29.8 Å². The summed E-state index contributed by atoms with van der Waals surface area (Å²) in [6.45, 7) is 7.74. The number of carbonyl (C=O) groups is 2. The summed E-state index contributed by atoms with van der Waals surface area (Å²) < 4.78 is 6.63. The van der Waals surface area contributed by atoms with Crippen LogP contribution < -0.4 is 5.32 Å². The van der Waals surface area contributed by atoms with Crippen molar-refractivity contribution >= 4 is 34.2 Å². The summed E-state index contributed by atoms with van der Waals surface area (Å²) in [5.41, 5.74) is 1.79. The number of thiophene rings is 1. The highest BCUT2D eigenvalue weighted by Crippen LogP contribution is 2.29. The highest BCUT2D eigenvalue weighted by molar-refractivity contribution is 7.13. The number of esters is 1. The summed E-state index contributed by atoms with van der Waals surface area (Å²) in [7, 11) is 1.32. The van der Waals surface area contributed by atoms with Gasteiger partial charge in [-0.1, -0.05) is 19.9 Å². The second kappa shape index (κ2) is 8.10. The maximum atomic E-state index is 13.1. The van der Waals surface area contributed by atoms with E-state index < -0.39 is 12.0 Å². The van der Waals surface area contributed by atoms with E-state index >= 15 is 0 Å². The Balaban J connectivity index is 2.11. The Bertz CT molecular complexity index is 992. The zero-order valence-electron chi connectivity index (χ0n) is 16.6. The van der Waals surface area contributed by atoms with Crippen molar-refractivity contribution < 1.29 is 14.3 Å². The highest BCUT2D eigenvalue weighted by Gasteiger charge is 2.27. The van der Waals surface area contributed by atoms with Gasteiger partial charge in [0, 0.05) is 6.04 Å². The lowest BCUT2D eigenvalue weighted by atomic mass is 10.0. The Labute approximate surface area is 167 Å². The van der Waals surface area contributed by atoms with E-state index in [0.717, 1.165) is 4.88 Å². The molecule has 1 N–H and O–H groups in total. The number of ether oxygens (including phenoxy) is 1. The van der Waals surface area contributed by atoms with E-state index in [4.69, 9.17) is 9.72 Å². The zero-order chi connectivity index (χ0) is 20.4. The van der Waals surface area contributed by atoms with Gasteiger partial charge in [-0.2, -0.15) is 5.10 Å². The van der Waals surface area contributed by atoms with Crippen LogP contribution in [0.25, 0.3) is 21.6 Å². The monoisotopic (exact) mass is 400 g/mol. The van der Waals surface area contributed by atoms with Crippen LogP contribution in [0.2, 0.25) is 0 Å². The van der Waals surface area contributed by atoms with E-state index in [0.29, 0.717) is 22.3 Å². The van der Waals surface area contributed by atoms with Gasteiger partial charge >= 0.3 is 5.97 Å². The number of carbonyl (C=O) groups excluding carboxylic acids is 2. The normalized spacial score (nSPS) is 12.5. The van der Waals surface area contributed by atoms with Crippen molar-refractivity contribution in [3.05, 3.63) is 35.3 Å². The maximum Gasteiger partial charge on any atom is 0.328 e. The molecule has 0 aromatic carbocycles. The van der Waals surface area contributed by atoms with E-state index in [9.17, 15) is 9.59 Å². The number of pyridine rings is 1. The lowest BCUT2D eigenvalue weighted by Crippen LogP contribution is -2.45. The third-order valence-electron chi connectivity index (χ3n) is 4.48. The molecule has 1 amide bonds. The molecule has 0 aliphatic carbocycles. The van der Waals surface area contributed by atoms with Gasteiger partial charge in [-0.3, -0.25) is 4.79 Å². The average Bonchev–Trinajstić information content (AvgIpc) is 3.33. The number of fused-ring (bicyclic) bond motifs is 1. The quantitative estimate of drug-likeness (QED) is 0.638. The van der Waals surface area contributed by atoms with Crippen LogP contribution in [0.1, 0.15) is 44.1 Å². The number of aromatic nitrogens is 3. The molecule has 0 saturated heterocycles. The van der Waals surface area contributed by atoms with Crippen molar-refractivity contribution in [2.75, 3.05) is 7.11 Å². The molecule has 7 nitrogen and oxygen atoms in total. The molecule has 8 heteroatoms. The smallest absolute Gasteiger partial charge is 0.328 e. The molecule has 0 aliphatic rings. The molecule has 3 rings (SSSR count). The van der Waals surface area contributed by atoms with Crippen LogP contribution in [-0.4, -0.2) is 39.8 Å². The number of nitrogens with one attached hydrogen (secondary N) is 1. The summed E-state index contributed by atoms with van der Waals surface area (Å²) in [6, 6.07) is 5.02. The van der Waals surface area contributed by atoms with Gasteiger partial charge in [0.25, 0.3) is 5.91 Å². The molecule has 0 radical (unpaired) electrons. The molecule has 1 atom stereocenters. The minimum absolute atomic E-state index is 0.0954. The fraction of sp³-hybridized carbons (Fsp3) is 0.400. The van der Waals surface area contributed by atoms with E-state index in [1.807, 2.05) is 45.2 Å². The number of methoxy groups -OCH3 is 1. The molecule has 3 aromatic heterocycles. The molecule has 3 aromatic rings. The molecule has 3 heterocycles. The second-order valence-electron chi connectivity index (χ2n) is 7.17. The SMILES string of the molecule is COC(=O)[C@@H](NC(=O)c1cc(-c2cccs2)nc2c1cnn2C(C)C)C(C)C. The predicted octanol–water partition coefficient (Wildman–Crippen LogP) is 3.67. The third kappa shape index (κ3) is 3.77. The van der Waals surface area contributed by atoms with Gasteiger partial charge in [0.05, 0.1) is 34.8 Å². The topological polar surface area (TPSA) is 86.1 Å². The fourth-order valence-corrected chi connectivity index (χ4v) is 3.66. The molecule has 0 unspecified atom stereocenters. The lowest BCUT2D eigenvalue weighted by Gasteiger charge is -2.20. The van der Waals surface area contributed by atoms with Gasteiger partial charge in [0.2, 0.25) is 0 Å². The van der Waals surface area contributed by atoms with Crippen molar-refractivity contribution in [3.63, 3.8) is 0 Å². The van der Waals surface area contributed by atoms with E-state index in [2.05, 4.69) is 10.4 Å². The molecular weight excluding hydrogens is 376 g/mol. The van der Waals surface area contributed by atoms with Crippen molar-refractivity contribution in [3.8, 4) is 10.6 Å². The minimum Gasteiger partial charge on any atom is -0.467 e. The second-order valence-corrected chi connectivity index (χ2v) is 8.12. The highest BCUT2D eigenvalue weighted by atomic mass is 32.1. The van der Waals surface area contributed by atoms with E-state index in [1.165, 1.54) is 7.11 Å². The summed E-state index contributed by atoms with van der Waals surface area (Å²) in [4.78, 5) is 30.9. The predicted molar refractivity (Wildman–Crippen MR) is 109 cm³/mol. The first-order chi connectivity index (χ1) is 13.3. The summed E-state index contributed by atoms with van der Waals surface area (Å²) in [5, 5.41) is 9.84. The van der Waals surface area contributed by atoms with Gasteiger partial charge in [-0.25, -0.2) is 14.5 Å². The van der Waals surface area contributed by atoms with E-state index in [1.54, 1.807) is 28.3 Å². The first-order valence-corrected chi connectivity index (χ1v) is 10.0. The fourth-order valence-electron chi connectivity index (χ4n) is 2.98. The molecule has 0 spiro atoms. The lowest BCUT2D eigenvalue weighted by molar-refractivity contribution is -0.144. The molecule has 148 valence electrons. The van der Waals surface area contributed by atoms with Gasteiger partial charge in [0.15, 0.2) is 5.65 Å². The van der Waals surface area contributed by atoms with Gasteiger partial charge in [-0.05, 0) is 37.3 Å². The van der Waals surface area contributed by atoms with Crippen LogP contribution in [0.3, 0.4) is 0 Å². The molecule has 0 saturated carbocycles. The zero-order valence-corrected chi connectivity index (χ0v) is 17.4. The summed E-state index contributed by atoms with van der Waals surface area (Å²) in [5.74, 6) is -0.925. The molecular formula is C20H24N4O3S. The molecule has 0 aliphatic heterocycles. The number of rotatable bonds is 6. The van der Waals surface area contributed by atoms with Crippen molar-refractivity contribution in [1.29, 1.82) is 0 Å². The Morgan fingerprint density at radius 3 is 2.57 bits per heavy atom. The first kappa shape index (κ1) is 20.0.